The summed E-state index contributed by atoms with van der Waals surface area (Å²) in [5, 5.41) is 0. The van der Waals surface area contributed by atoms with Crippen molar-refractivity contribution < 1.29 is 14.3 Å². The van der Waals surface area contributed by atoms with Crippen LogP contribution in [0.1, 0.15) is 5.56 Å². The normalized spacial score (nSPS) is 9.62. The van der Waals surface area contributed by atoms with E-state index in [1.54, 1.807) is 12.4 Å². The number of carbonyl (C=O) groups excluding carboxylic acids is 1. The monoisotopic (exact) mass is 181 g/mol. The Morgan fingerprint density at radius 1 is 1.62 bits per heavy atom. The van der Waals surface area contributed by atoms with E-state index >= 15 is 0 Å². The molecule has 0 N–H and O–H groups in total. The molecule has 0 saturated carbocycles. The maximum absolute atomic E-state index is 10.6. The van der Waals surface area contributed by atoms with Gasteiger partial charge in [-0.05, 0) is 11.6 Å². The van der Waals surface area contributed by atoms with Gasteiger partial charge in [-0.1, -0.05) is 6.07 Å². The zero-order valence-corrected chi connectivity index (χ0v) is 7.40. The smallest absolute Gasteiger partial charge is 0.331 e. The van der Waals surface area contributed by atoms with Crippen molar-refractivity contribution in [3.63, 3.8) is 0 Å². The van der Waals surface area contributed by atoms with Crippen molar-refractivity contribution in [2.24, 2.45) is 0 Å². The van der Waals surface area contributed by atoms with Crippen LogP contribution in [0.4, 0.5) is 0 Å². The number of methoxy groups -OCH3 is 1. The van der Waals surface area contributed by atoms with Gasteiger partial charge in [0, 0.05) is 12.4 Å². The summed E-state index contributed by atoms with van der Waals surface area (Å²) in [6.45, 7) is 0.355. The topological polar surface area (TPSA) is 48.4 Å². The molecular formula is C9H11NO3. The molecule has 1 rings (SSSR count). The van der Waals surface area contributed by atoms with Gasteiger partial charge in [0.25, 0.3) is 0 Å². The summed E-state index contributed by atoms with van der Waals surface area (Å²) in [6.07, 6.45) is 3.38. The molecule has 0 radical (unpaired) electrons. The van der Waals surface area contributed by atoms with Gasteiger partial charge >= 0.3 is 5.97 Å². The fraction of sp³-hybridized carbons (Fsp3) is 0.333. The molecule has 0 unspecified atom stereocenters. The van der Waals surface area contributed by atoms with Crippen molar-refractivity contribution in [2.75, 3.05) is 13.7 Å². The van der Waals surface area contributed by atoms with Gasteiger partial charge in [-0.2, -0.15) is 0 Å². The largest absolute Gasteiger partial charge is 0.467 e. The molecular weight excluding hydrogens is 170 g/mol. The Hall–Kier alpha value is -1.42. The molecule has 1 heterocycles. The third-order valence-electron chi connectivity index (χ3n) is 1.44. The van der Waals surface area contributed by atoms with Crippen LogP contribution in [0.25, 0.3) is 0 Å². The van der Waals surface area contributed by atoms with E-state index in [1.807, 2.05) is 12.1 Å². The number of carbonyl (C=O) groups is 1. The molecule has 0 amide bonds. The average molecular weight is 181 g/mol. The van der Waals surface area contributed by atoms with Crippen molar-refractivity contribution in [1.29, 1.82) is 0 Å². The number of esters is 1. The summed E-state index contributed by atoms with van der Waals surface area (Å²) < 4.78 is 9.47. The van der Waals surface area contributed by atoms with Gasteiger partial charge in [-0.25, -0.2) is 4.79 Å². The van der Waals surface area contributed by atoms with Gasteiger partial charge in [0.2, 0.25) is 0 Å². The van der Waals surface area contributed by atoms with E-state index in [1.165, 1.54) is 7.11 Å². The first kappa shape index (κ1) is 9.67. The van der Waals surface area contributed by atoms with Gasteiger partial charge < -0.3 is 9.47 Å². The second-order valence-electron chi connectivity index (χ2n) is 2.43. The molecule has 4 heteroatoms. The molecule has 0 fully saturated rings. The molecule has 0 spiro atoms. The minimum Gasteiger partial charge on any atom is -0.467 e. The van der Waals surface area contributed by atoms with E-state index in [2.05, 4.69) is 9.72 Å². The molecule has 70 valence electrons. The number of rotatable bonds is 4. The quantitative estimate of drug-likeness (QED) is 0.644. The zero-order valence-electron chi connectivity index (χ0n) is 7.40. The van der Waals surface area contributed by atoms with Gasteiger partial charge in [-0.3, -0.25) is 4.98 Å². The van der Waals surface area contributed by atoms with E-state index in [0.29, 0.717) is 6.61 Å². The van der Waals surface area contributed by atoms with E-state index < -0.39 is 0 Å². The average Bonchev–Trinajstić information content (AvgIpc) is 2.19. The van der Waals surface area contributed by atoms with Crippen LogP contribution in [0.2, 0.25) is 0 Å². The summed E-state index contributed by atoms with van der Waals surface area (Å²) in [5.74, 6) is -0.371. The second kappa shape index (κ2) is 5.27. The molecule has 0 bridgehead atoms. The first-order valence-electron chi connectivity index (χ1n) is 3.86. The number of ether oxygens (including phenoxy) is 2. The Balaban J connectivity index is 2.24. The molecule has 0 aliphatic rings. The van der Waals surface area contributed by atoms with Gasteiger partial charge in [0.05, 0.1) is 13.7 Å². The molecule has 4 nitrogen and oxygen atoms in total. The zero-order chi connectivity index (χ0) is 9.52. The summed E-state index contributed by atoms with van der Waals surface area (Å²) in [7, 11) is 1.33. The summed E-state index contributed by atoms with van der Waals surface area (Å²) in [5.41, 5.74) is 0.936. The van der Waals surface area contributed by atoms with Gasteiger partial charge in [-0.15, -0.1) is 0 Å². The lowest BCUT2D eigenvalue weighted by Crippen LogP contribution is -2.09. The van der Waals surface area contributed by atoms with Crippen molar-refractivity contribution in [3.05, 3.63) is 30.1 Å². The van der Waals surface area contributed by atoms with Crippen molar-refractivity contribution in [1.82, 2.24) is 4.98 Å². The van der Waals surface area contributed by atoms with Crippen LogP contribution in [-0.2, 0) is 20.9 Å². The van der Waals surface area contributed by atoms with Crippen molar-refractivity contribution in [2.45, 2.75) is 6.61 Å². The number of nitrogens with zero attached hydrogens (tertiary/aromatic N) is 1. The second-order valence-corrected chi connectivity index (χ2v) is 2.43. The minimum absolute atomic E-state index is 0.0224. The molecule has 1 aromatic heterocycles. The lowest BCUT2D eigenvalue weighted by atomic mass is 10.3. The Morgan fingerprint density at radius 2 is 2.46 bits per heavy atom. The van der Waals surface area contributed by atoms with E-state index in [0.717, 1.165) is 5.56 Å². The molecule has 0 saturated heterocycles. The van der Waals surface area contributed by atoms with E-state index in [-0.39, 0.29) is 12.6 Å². The first-order valence-corrected chi connectivity index (χ1v) is 3.86. The van der Waals surface area contributed by atoms with Crippen LogP contribution in [0.3, 0.4) is 0 Å². The highest BCUT2D eigenvalue weighted by atomic mass is 16.6. The molecule has 0 atom stereocenters. The molecule has 0 aliphatic carbocycles. The molecule has 0 aliphatic heterocycles. The van der Waals surface area contributed by atoms with Crippen LogP contribution in [0, 0.1) is 0 Å². The van der Waals surface area contributed by atoms with Crippen LogP contribution >= 0.6 is 0 Å². The number of pyridine rings is 1. The lowest BCUT2D eigenvalue weighted by Gasteiger charge is -2.01. The molecule has 1 aromatic rings. The van der Waals surface area contributed by atoms with Crippen LogP contribution in [0.5, 0.6) is 0 Å². The first-order chi connectivity index (χ1) is 6.33. The maximum atomic E-state index is 10.6. The van der Waals surface area contributed by atoms with Crippen LogP contribution in [-0.4, -0.2) is 24.7 Å². The van der Waals surface area contributed by atoms with Gasteiger partial charge in [0.1, 0.15) is 6.61 Å². The third-order valence-corrected chi connectivity index (χ3v) is 1.44. The van der Waals surface area contributed by atoms with Gasteiger partial charge in [0.15, 0.2) is 0 Å². The van der Waals surface area contributed by atoms with Crippen molar-refractivity contribution in [3.8, 4) is 0 Å². The summed E-state index contributed by atoms with van der Waals surface area (Å²) in [6, 6.07) is 3.70. The lowest BCUT2D eigenvalue weighted by molar-refractivity contribution is -0.146. The number of hydrogen-bond acceptors (Lipinski definition) is 4. The Bertz CT molecular complexity index is 261. The summed E-state index contributed by atoms with van der Waals surface area (Å²) in [4.78, 5) is 14.5. The predicted molar refractivity (Wildman–Crippen MR) is 45.9 cm³/mol. The molecule has 0 aromatic carbocycles. The minimum atomic E-state index is -0.371. The van der Waals surface area contributed by atoms with E-state index in [9.17, 15) is 4.79 Å². The standard InChI is InChI=1S/C9H11NO3/c1-12-9(11)7-13-6-8-3-2-4-10-5-8/h2-5H,6-7H2,1H3. The van der Waals surface area contributed by atoms with E-state index in [4.69, 9.17) is 4.74 Å². The fourth-order valence-electron chi connectivity index (χ4n) is 0.795. The Kier molecular flexibility index (Phi) is 3.92. The molecule has 13 heavy (non-hydrogen) atoms. The van der Waals surface area contributed by atoms with Crippen LogP contribution in [0.15, 0.2) is 24.5 Å². The summed E-state index contributed by atoms with van der Waals surface area (Å²) >= 11 is 0. The fourth-order valence-corrected chi connectivity index (χ4v) is 0.795. The predicted octanol–water partition coefficient (Wildman–Crippen LogP) is 0.771. The Labute approximate surface area is 76.5 Å². The highest BCUT2D eigenvalue weighted by Crippen LogP contribution is 1.97. The van der Waals surface area contributed by atoms with Crippen LogP contribution < -0.4 is 0 Å². The number of hydrogen-bond donors (Lipinski definition) is 0. The highest BCUT2D eigenvalue weighted by molar-refractivity contribution is 5.70. The third kappa shape index (κ3) is 3.66. The Morgan fingerprint density at radius 3 is 3.08 bits per heavy atom. The number of aromatic nitrogens is 1. The maximum Gasteiger partial charge on any atom is 0.331 e. The van der Waals surface area contributed by atoms with Crippen molar-refractivity contribution >= 4 is 5.97 Å². The highest BCUT2D eigenvalue weighted by Gasteiger charge is 1.99. The SMILES string of the molecule is COC(=O)COCc1cccnc1.